The van der Waals surface area contributed by atoms with E-state index in [1.54, 1.807) is 0 Å². The van der Waals surface area contributed by atoms with Crippen molar-refractivity contribution in [3.05, 3.63) is 0 Å². The van der Waals surface area contributed by atoms with Crippen LogP contribution in [-0.4, -0.2) is 41.3 Å². The van der Waals surface area contributed by atoms with Crippen LogP contribution in [0.3, 0.4) is 0 Å². The molecule has 84 valence electrons. The van der Waals surface area contributed by atoms with Crippen molar-refractivity contribution in [1.82, 2.24) is 4.90 Å². The summed E-state index contributed by atoms with van der Waals surface area (Å²) in [5, 5.41) is 8.85. The summed E-state index contributed by atoms with van der Waals surface area (Å²) in [6.45, 7) is 5.68. The Bertz CT molecular complexity index is 161. The zero-order valence-electron chi connectivity index (χ0n) is 9.45. The molecule has 1 aliphatic carbocycles. The lowest BCUT2D eigenvalue weighted by Crippen LogP contribution is -2.48. The normalized spacial score (nSPS) is 27.9. The van der Waals surface area contributed by atoms with E-state index in [0.29, 0.717) is 18.1 Å². The molecule has 0 aromatic rings. The minimum Gasteiger partial charge on any atom is -0.396 e. The number of nitrogens with zero attached hydrogens (tertiary/aromatic N) is 1. The number of aliphatic hydroxyl groups excluding tert-OH is 1. The van der Waals surface area contributed by atoms with E-state index in [-0.39, 0.29) is 6.61 Å². The Morgan fingerprint density at radius 2 is 2.14 bits per heavy atom. The van der Waals surface area contributed by atoms with Gasteiger partial charge in [-0.3, -0.25) is 4.90 Å². The van der Waals surface area contributed by atoms with Gasteiger partial charge in [-0.05, 0) is 33.1 Å². The van der Waals surface area contributed by atoms with Gasteiger partial charge in [-0.2, -0.15) is 0 Å². The number of hydrogen-bond acceptors (Lipinski definition) is 3. The third kappa shape index (κ3) is 2.94. The molecule has 1 fully saturated rings. The molecule has 0 radical (unpaired) electrons. The summed E-state index contributed by atoms with van der Waals surface area (Å²) in [7, 11) is 0. The molecule has 2 atom stereocenters. The van der Waals surface area contributed by atoms with E-state index < -0.39 is 0 Å². The summed E-state index contributed by atoms with van der Waals surface area (Å²) in [4.78, 5) is 2.45. The number of aliphatic hydroxyl groups is 1. The summed E-state index contributed by atoms with van der Waals surface area (Å²) < 4.78 is 0. The molecule has 1 aliphatic rings. The largest absolute Gasteiger partial charge is 0.396 e. The van der Waals surface area contributed by atoms with Crippen LogP contribution in [0.2, 0.25) is 0 Å². The van der Waals surface area contributed by atoms with Gasteiger partial charge in [0, 0.05) is 31.3 Å². The second-order valence-corrected chi connectivity index (χ2v) is 4.57. The highest BCUT2D eigenvalue weighted by atomic mass is 16.3. The topological polar surface area (TPSA) is 49.5 Å². The van der Waals surface area contributed by atoms with E-state index in [1.165, 1.54) is 12.8 Å². The Balaban J connectivity index is 2.48. The zero-order valence-corrected chi connectivity index (χ0v) is 9.45. The first-order chi connectivity index (χ1) is 6.66. The monoisotopic (exact) mass is 200 g/mol. The van der Waals surface area contributed by atoms with Crippen molar-refractivity contribution in [2.75, 3.05) is 13.2 Å². The Morgan fingerprint density at radius 1 is 1.43 bits per heavy atom. The minimum absolute atomic E-state index is 0.283. The van der Waals surface area contributed by atoms with E-state index in [2.05, 4.69) is 18.7 Å². The number of rotatable bonds is 5. The maximum atomic E-state index is 8.85. The molecule has 0 aromatic heterocycles. The van der Waals surface area contributed by atoms with Gasteiger partial charge in [-0.15, -0.1) is 0 Å². The molecular formula is C11H24N2O. The van der Waals surface area contributed by atoms with Crippen LogP contribution in [0.5, 0.6) is 0 Å². The SMILES string of the molecule is CC(C)N(CCCO)C1CCCC1N. The van der Waals surface area contributed by atoms with Gasteiger partial charge >= 0.3 is 0 Å². The van der Waals surface area contributed by atoms with Gasteiger partial charge in [-0.25, -0.2) is 0 Å². The molecule has 0 spiro atoms. The fourth-order valence-electron chi connectivity index (χ4n) is 2.44. The predicted molar refractivity (Wildman–Crippen MR) is 59.2 cm³/mol. The first kappa shape index (κ1) is 12.0. The molecule has 0 aliphatic heterocycles. The van der Waals surface area contributed by atoms with Gasteiger partial charge in [0.2, 0.25) is 0 Å². The summed E-state index contributed by atoms with van der Waals surface area (Å²) in [5.41, 5.74) is 6.09. The lowest BCUT2D eigenvalue weighted by atomic mass is 10.1. The highest BCUT2D eigenvalue weighted by molar-refractivity contribution is 4.89. The van der Waals surface area contributed by atoms with Crippen LogP contribution in [0.4, 0.5) is 0 Å². The van der Waals surface area contributed by atoms with E-state index in [1.807, 2.05) is 0 Å². The molecule has 3 heteroatoms. The molecular weight excluding hydrogens is 176 g/mol. The highest BCUT2D eigenvalue weighted by Gasteiger charge is 2.30. The molecule has 0 aromatic carbocycles. The van der Waals surface area contributed by atoms with Crippen molar-refractivity contribution in [1.29, 1.82) is 0 Å². The predicted octanol–water partition coefficient (Wildman–Crippen LogP) is 0.959. The summed E-state index contributed by atoms with van der Waals surface area (Å²) in [6, 6.07) is 1.42. The van der Waals surface area contributed by atoms with Crippen LogP contribution in [0.25, 0.3) is 0 Å². The van der Waals surface area contributed by atoms with Crippen molar-refractivity contribution in [2.45, 2.75) is 57.7 Å². The van der Waals surface area contributed by atoms with Crippen molar-refractivity contribution < 1.29 is 5.11 Å². The molecule has 3 N–H and O–H groups in total. The van der Waals surface area contributed by atoms with Crippen LogP contribution in [-0.2, 0) is 0 Å². The first-order valence-electron chi connectivity index (χ1n) is 5.79. The summed E-state index contributed by atoms with van der Waals surface area (Å²) in [6.07, 6.45) is 4.51. The quantitative estimate of drug-likeness (QED) is 0.695. The van der Waals surface area contributed by atoms with E-state index >= 15 is 0 Å². The van der Waals surface area contributed by atoms with Crippen molar-refractivity contribution >= 4 is 0 Å². The third-order valence-corrected chi connectivity index (χ3v) is 3.20. The molecule has 0 amide bonds. The van der Waals surface area contributed by atoms with Gasteiger partial charge in [-0.1, -0.05) is 6.42 Å². The van der Waals surface area contributed by atoms with Crippen LogP contribution >= 0.6 is 0 Å². The fraction of sp³-hybridized carbons (Fsp3) is 1.00. The smallest absolute Gasteiger partial charge is 0.0443 e. The van der Waals surface area contributed by atoms with Gasteiger partial charge in [0.25, 0.3) is 0 Å². The molecule has 0 saturated heterocycles. The minimum atomic E-state index is 0.283. The first-order valence-corrected chi connectivity index (χ1v) is 5.79. The Morgan fingerprint density at radius 3 is 2.57 bits per heavy atom. The van der Waals surface area contributed by atoms with Crippen LogP contribution in [0.1, 0.15) is 39.5 Å². The maximum absolute atomic E-state index is 8.85. The van der Waals surface area contributed by atoms with E-state index in [0.717, 1.165) is 19.4 Å². The van der Waals surface area contributed by atoms with Gasteiger partial charge in [0.05, 0.1) is 0 Å². The molecule has 0 bridgehead atoms. The second-order valence-electron chi connectivity index (χ2n) is 4.57. The van der Waals surface area contributed by atoms with Crippen molar-refractivity contribution in [3.8, 4) is 0 Å². The molecule has 1 saturated carbocycles. The molecule has 0 heterocycles. The molecule has 14 heavy (non-hydrogen) atoms. The number of nitrogens with two attached hydrogens (primary N) is 1. The Hall–Kier alpha value is -0.120. The summed E-state index contributed by atoms with van der Waals surface area (Å²) >= 11 is 0. The van der Waals surface area contributed by atoms with Gasteiger partial charge in [0.1, 0.15) is 0 Å². The van der Waals surface area contributed by atoms with Crippen molar-refractivity contribution in [2.24, 2.45) is 5.73 Å². The summed E-state index contributed by atoms with van der Waals surface area (Å²) in [5.74, 6) is 0. The Labute approximate surface area is 87.3 Å². The molecule has 1 rings (SSSR count). The van der Waals surface area contributed by atoms with Crippen LogP contribution in [0, 0.1) is 0 Å². The molecule has 3 nitrogen and oxygen atoms in total. The van der Waals surface area contributed by atoms with E-state index in [9.17, 15) is 0 Å². The molecule has 2 unspecified atom stereocenters. The average Bonchev–Trinajstić information content (AvgIpc) is 2.52. The zero-order chi connectivity index (χ0) is 10.6. The Kier molecular flexibility index (Phi) is 4.85. The van der Waals surface area contributed by atoms with Crippen molar-refractivity contribution in [3.63, 3.8) is 0 Å². The lowest BCUT2D eigenvalue weighted by Gasteiger charge is -2.34. The third-order valence-electron chi connectivity index (χ3n) is 3.20. The lowest BCUT2D eigenvalue weighted by molar-refractivity contribution is 0.130. The van der Waals surface area contributed by atoms with Gasteiger partial charge in [0.15, 0.2) is 0 Å². The van der Waals surface area contributed by atoms with Crippen LogP contribution < -0.4 is 5.73 Å². The maximum Gasteiger partial charge on any atom is 0.0443 e. The highest BCUT2D eigenvalue weighted by Crippen LogP contribution is 2.24. The van der Waals surface area contributed by atoms with Gasteiger partial charge < -0.3 is 10.8 Å². The second kappa shape index (κ2) is 5.69. The number of hydrogen-bond donors (Lipinski definition) is 2. The van der Waals surface area contributed by atoms with Crippen LogP contribution in [0.15, 0.2) is 0 Å². The fourth-order valence-corrected chi connectivity index (χ4v) is 2.44. The van der Waals surface area contributed by atoms with E-state index in [4.69, 9.17) is 10.8 Å². The standard InChI is InChI=1S/C11H24N2O/c1-9(2)13(7-4-8-14)11-6-3-5-10(11)12/h9-11,14H,3-8,12H2,1-2H3. The average molecular weight is 200 g/mol.